The van der Waals surface area contributed by atoms with E-state index in [0.717, 1.165) is 76.2 Å². The number of rotatable bonds is 15. The number of nitrogens with one attached hydrogen (secondary N) is 1. The van der Waals surface area contributed by atoms with Crippen molar-refractivity contribution in [2.75, 3.05) is 74.2 Å². The van der Waals surface area contributed by atoms with Crippen molar-refractivity contribution in [3.05, 3.63) is 132 Å². The van der Waals surface area contributed by atoms with Gasteiger partial charge in [-0.3, -0.25) is 13.5 Å². The quantitative estimate of drug-likeness (QED) is 0.0986. The summed E-state index contributed by atoms with van der Waals surface area (Å²) in [5, 5.41) is 17.3. The van der Waals surface area contributed by atoms with Crippen LogP contribution in [0.2, 0.25) is 0 Å². The van der Waals surface area contributed by atoms with Crippen LogP contribution in [0.4, 0.5) is 28.9 Å². The average Bonchev–Trinajstić information content (AvgIpc) is 4.07. The highest BCUT2D eigenvalue weighted by Crippen LogP contribution is 2.43. The normalized spacial score (nSPS) is 19.1. The van der Waals surface area contributed by atoms with E-state index < -0.39 is 45.1 Å². The van der Waals surface area contributed by atoms with Crippen molar-refractivity contribution < 1.29 is 48.0 Å². The van der Waals surface area contributed by atoms with Gasteiger partial charge >= 0.3 is 33.3 Å². The van der Waals surface area contributed by atoms with Crippen LogP contribution in [0.15, 0.2) is 118 Å². The highest BCUT2D eigenvalue weighted by Gasteiger charge is 2.50. The lowest BCUT2D eigenvalue weighted by atomic mass is 9.71. The minimum atomic E-state index is -3.79. The fraction of sp³-hybridized carbons (Fsp3) is 0.429. The number of anilines is 2. The van der Waals surface area contributed by atoms with Crippen LogP contribution in [0.25, 0.3) is 22.9 Å². The Morgan fingerprint density at radius 3 is 1.30 bits per heavy atom. The zero-order valence-electron chi connectivity index (χ0n) is 39.6. The number of aromatic nitrogens is 4. The van der Waals surface area contributed by atoms with Crippen LogP contribution in [0.5, 0.6) is 0 Å². The van der Waals surface area contributed by atoms with Gasteiger partial charge in [-0.2, -0.15) is 43.0 Å². The largest absolute Gasteiger partial charge is 0.415 e. The molecule has 7 heterocycles. The number of ether oxygens (including phenoxy) is 1. The maximum Gasteiger partial charge on any atom is 0.314 e. The number of piperidine rings is 2. The Morgan fingerprint density at radius 1 is 0.575 bits per heavy atom. The maximum atomic E-state index is 13.9. The standard InChI is InChI=1S/C26H29F2N5O4S.C23H25F2N5O3S.ClH/c27-23(28)25-30-29-24(37-25)20-8-6-19(7-9-20)14-33(21-4-2-1-3-5-21)38(34,35)32-12-10-26(11-13-32)17-31(18-26)22-15-36-16-22;24-20(25)22-28-27-21(33-22)18-8-6-17(7-9-18)14-30(19-4-2-1-3-5-19)34(31,32)29-12-10-23(11-13-29)15-26-16-23;/h1-9,22-23H,10-18H2;1-9,20,26H,10-16H2;1H. The number of hydrogen-bond acceptors (Lipinski definition) is 13. The SMILES string of the molecule is Cl.O=S(=O)(N1CCC2(CC1)CN(C1COC1)C2)N(Cc1ccc(-c2nnc(C(F)F)o2)cc1)c1ccccc1.O=S(=O)(N1CCC2(CC1)CNC2)N(Cc1ccc(-c2nnc(C(F)F)o2)cc1)c1ccccc1. The van der Waals surface area contributed by atoms with Crippen LogP contribution in [-0.4, -0.2) is 122 Å². The highest BCUT2D eigenvalue weighted by atomic mass is 35.5. The smallest absolute Gasteiger partial charge is 0.314 e. The molecule has 11 rings (SSSR count). The zero-order chi connectivity index (χ0) is 50.1. The molecule has 4 aromatic carbocycles. The van der Waals surface area contributed by atoms with Gasteiger partial charge in [-0.1, -0.05) is 60.7 Å². The molecule has 0 saturated carbocycles. The van der Waals surface area contributed by atoms with E-state index in [1.54, 1.807) is 81.4 Å². The molecule has 0 bridgehead atoms. The second kappa shape index (κ2) is 21.7. The van der Waals surface area contributed by atoms with Gasteiger partial charge in [0.05, 0.1) is 43.7 Å². The molecule has 24 heteroatoms. The molecule has 0 aliphatic carbocycles. The number of para-hydroxylation sites is 2. The zero-order valence-corrected chi connectivity index (χ0v) is 42.0. The van der Waals surface area contributed by atoms with Crippen molar-refractivity contribution >= 4 is 44.2 Å². The molecular weight excluding hydrogens is 1020 g/mol. The number of halogens is 5. The molecule has 2 aromatic heterocycles. The van der Waals surface area contributed by atoms with Gasteiger partial charge in [0.1, 0.15) is 0 Å². The fourth-order valence-electron chi connectivity index (χ4n) is 9.83. The molecule has 6 aromatic rings. The predicted molar refractivity (Wildman–Crippen MR) is 265 cm³/mol. The minimum Gasteiger partial charge on any atom is -0.415 e. The fourth-order valence-corrected chi connectivity index (χ4v) is 13.1. The molecule has 390 valence electrons. The molecule has 5 aliphatic rings. The molecule has 5 fully saturated rings. The van der Waals surface area contributed by atoms with Crippen molar-refractivity contribution in [2.24, 2.45) is 10.8 Å². The van der Waals surface area contributed by atoms with E-state index in [-0.39, 0.29) is 48.1 Å². The Hall–Kier alpha value is -5.53. The highest BCUT2D eigenvalue weighted by molar-refractivity contribution is 7.90. The van der Waals surface area contributed by atoms with Crippen LogP contribution in [0, 0.1) is 10.8 Å². The molecule has 17 nitrogen and oxygen atoms in total. The molecule has 5 aliphatic heterocycles. The van der Waals surface area contributed by atoms with E-state index in [0.29, 0.717) is 54.7 Å². The second-order valence-electron chi connectivity index (χ2n) is 19.1. The van der Waals surface area contributed by atoms with Crippen molar-refractivity contribution in [1.29, 1.82) is 0 Å². The summed E-state index contributed by atoms with van der Waals surface area (Å²) in [6.45, 7) is 7.76. The van der Waals surface area contributed by atoms with Crippen LogP contribution >= 0.6 is 12.4 Å². The average molecular weight is 1070 g/mol. The van der Waals surface area contributed by atoms with Crippen molar-refractivity contribution in [1.82, 2.24) is 39.2 Å². The van der Waals surface area contributed by atoms with Crippen LogP contribution in [0.1, 0.15) is 61.4 Å². The number of likely N-dealkylation sites (tertiary alicyclic amines) is 1. The molecule has 5 saturated heterocycles. The first kappa shape index (κ1) is 52.3. The molecule has 2 spiro atoms. The molecule has 73 heavy (non-hydrogen) atoms. The van der Waals surface area contributed by atoms with Gasteiger partial charge in [0.15, 0.2) is 0 Å². The van der Waals surface area contributed by atoms with E-state index in [9.17, 15) is 34.4 Å². The van der Waals surface area contributed by atoms with Gasteiger partial charge in [0, 0.05) is 63.5 Å². The predicted octanol–water partition coefficient (Wildman–Crippen LogP) is 7.76. The van der Waals surface area contributed by atoms with Crippen LogP contribution in [-0.2, 0) is 38.2 Å². The Labute approximate surface area is 427 Å². The summed E-state index contributed by atoms with van der Waals surface area (Å²) >= 11 is 0. The van der Waals surface area contributed by atoms with Gasteiger partial charge in [-0.25, -0.2) is 0 Å². The van der Waals surface area contributed by atoms with Gasteiger partial charge in [0.25, 0.3) is 11.8 Å². The van der Waals surface area contributed by atoms with Gasteiger partial charge < -0.3 is 18.9 Å². The summed E-state index contributed by atoms with van der Waals surface area (Å²) in [5.74, 6) is -1.50. The maximum absolute atomic E-state index is 13.9. The third-order valence-corrected chi connectivity index (χ3v) is 18.2. The van der Waals surface area contributed by atoms with Crippen molar-refractivity contribution in [2.45, 2.75) is 57.7 Å². The topological polar surface area (TPSA) is 184 Å². The van der Waals surface area contributed by atoms with E-state index in [2.05, 4.69) is 30.6 Å². The van der Waals surface area contributed by atoms with Crippen LogP contribution < -0.4 is 13.9 Å². The van der Waals surface area contributed by atoms with Gasteiger partial charge in [0.2, 0.25) is 11.8 Å². The summed E-state index contributed by atoms with van der Waals surface area (Å²) < 4.78 is 128. The van der Waals surface area contributed by atoms with Crippen molar-refractivity contribution in [3.8, 4) is 22.9 Å². The van der Waals surface area contributed by atoms with E-state index >= 15 is 0 Å². The van der Waals surface area contributed by atoms with E-state index in [4.69, 9.17) is 13.6 Å². The molecule has 0 amide bonds. The number of hydrogen-bond donors (Lipinski definition) is 1. The van der Waals surface area contributed by atoms with Crippen LogP contribution in [0.3, 0.4) is 0 Å². The van der Waals surface area contributed by atoms with Crippen molar-refractivity contribution in [3.63, 3.8) is 0 Å². The summed E-state index contributed by atoms with van der Waals surface area (Å²) in [4.78, 5) is 2.45. The Balaban J connectivity index is 0.000000178. The monoisotopic (exact) mass is 1070 g/mol. The number of nitrogens with zero attached hydrogens (tertiary/aromatic N) is 9. The first-order chi connectivity index (χ1) is 34.7. The number of benzene rings is 4. The third-order valence-electron chi connectivity index (χ3n) is 14.4. The summed E-state index contributed by atoms with van der Waals surface area (Å²) in [5.41, 5.74) is 4.03. The van der Waals surface area contributed by atoms with E-state index in [1.807, 2.05) is 36.4 Å². The second-order valence-corrected chi connectivity index (χ2v) is 22.8. The van der Waals surface area contributed by atoms with Gasteiger partial charge in [-0.05, 0) is 96.2 Å². The Kier molecular flexibility index (Phi) is 15.6. The summed E-state index contributed by atoms with van der Waals surface area (Å²) in [7, 11) is -7.55. The first-order valence-electron chi connectivity index (χ1n) is 23.8. The lowest BCUT2D eigenvalue weighted by Gasteiger charge is -2.57. The Morgan fingerprint density at radius 2 is 0.973 bits per heavy atom. The van der Waals surface area contributed by atoms with E-state index in [1.165, 1.54) is 8.61 Å². The molecular formula is C49H55ClF4N10O7S2. The number of alkyl halides is 4. The summed E-state index contributed by atoms with van der Waals surface area (Å²) in [6, 6.07) is 32.2. The van der Waals surface area contributed by atoms with Gasteiger partial charge in [-0.15, -0.1) is 32.8 Å². The molecule has 1 N–H and O–H groups in total. The first-order valence-corrected chi connectivity index (χ1v) is 26.6. The molecule has 0 unspecified atom stereocenters. The third kappa shape index (κ3) is 11.3. The molecule has 0 atom stereocenters. The molecule has 0 radical (unpaired) electrons. The summed E-state index contributed by atoms with van der Waals surface area (Å²) in [6.07, 6.45) is -2.29. The minimum absolute atomic E-state index is 0. The Bertz CT molecular complexity index is 2980. The lowest BCUT2D eigenvalue weighted by Crippen LogP contribution is -2.67. The lowest BCUT2D eigenvalue weighted by molar-refractivity contribution is -0.140.